The van der Waals surface area contributed by atoms with Gasteiger partial charge in [-0.1, -0.05) is 19.9 Å². The van der Waals surface area contributed by atoms with Crippen LogP contribution in [0.15, 0.2) is 24.4 Å². The normalized spacial score (nSPS) is 10.4. The maximum Gasteiger partial charge on any atom is 0.357 e. The van der Waals surface area contributed by atoms with Crippen LogP contribution >= 0.6 is 0 Å². The van der Waals surface area contributed by atoms with Gasteiger partial charge in [-0.25, -0.2) is 4.79 Å². The van der Waals surface area contributed by atoms with Crippen molar-refractivity contribution in [2.45, 2.75) is 20.8 Å². The van der Waals surface area contributed by atoms with Crippen LogP contribution in [0.2, 0.25) is 0 Å². The van der Waals surface area contributed by atoms with Crippen molar-refractivity contribution in [3.05, 3.63) is 41.2 Å². The molecule has 0 unspecified atom stereocenters. The Bertz CT molecular complexity index is 875. The molecule has 7 nitrogen and oxygen atoms in total. The molecule has 0 aliphatic heterocycles. The molecule has 1 aromatic heterocycles. The van der Waals surface area contributed by atoms with Crippen molar-refractivity contribution in [1.82, 2.24) is 4.57 Å². The van der Waals surface area contributed by atoms with Crippen LogP contribution in [-0.2, 0) is 9.53 Å². The number of esters is 1. The first-order valence-electron chi connectivity index (χ1n) is 7.71. The topological polar surface area (TPSA) is 110 Å². The summed E-state index contributed by atoms with van der Waals surface area (Å²) in [6.07, 6.45) is 1.47. The number of aryl methyl sites for hydroxylation is 1. The second-order valence-electron chi connectivity index (χ2n) is 5.92. The number of nitrogens with one attached hydrogen (secondary N) is 1. The Balaban J connectivity index is 2.58. The number of nitrogens with zero attached hydrogens (tertiary/aromatic N) is 2. The van der Waals surface area contributed by atoms with E-state index in [1.165, 1.54) is 17.9 Å². The lowest BCUT2D eigenvalue weighted by molar-refractivity contribution is -0.118. The molecule has 0 aliphatic rings. The van der Waals surface area contributed by atoms with Crippen LogP contribution in [0.4, 0.5) is 11.4 Å². The van der Waals surface area contributed by atoms with Gasteiger partial charge in [0.1, 0.15) is 6.07 Å². The van der Waals surface area contributed by atoms with Crippen LogP contribution in [-0.4, -0.2) is 23.6 Å². The average molecular weight is 340 g/mol. The number of methoxy groups -OCH3 is 1. The van der Waals surface area contributed by atoms with Gasteiger partial charge in [0.2, 0.25) is 5.91 Å². The molecule has 0 atom stereocenters. The van der Waals surface area contributed by atoms with Gasteiger partial charge in [0.05, 0.1) is 18.4 Å². The molecular weight excluding hydrogens is 320 g/mol. The van der Waals surface area contributed by atoms with E-state index in [0.29, 0.717) is 11.4 Å². The number of nitriles is 1. The number of benzene rings is 1. The Morgan fingerprint density at radius 3 is 2.60 bits per heavy atom. The number of hydrogen-bond donors (Lipinski definition) is 2. The predicted octanol–water partition coefficient (Wildman–Crippen LogP) is 2.62. The fourth-order valence-electron chi connectivity index (χ4n) is 2.29. The third-order valence-corrected chi connectivity index (χ3v) is 3.83. The lowest BCUT2D eigenvalue weighted by atomic mass is 10.1. The Labute approximate surface area is 146 Å². The van der Waals surface area contributed by atoms with E-state index in [-0.39, 0.29) is 28.8 Å². The molecule has 25 heavy (non-hydrogen) atoms. The zero-order valence-corrected chi connectivity index (χ0v) is 14.6. The molecule has 0 fully saturated rings. The molecule has 0 aliphatic carbocycles. The summed E-state index contributed by atoms with van der Waals surface area (Å²) in [5.41, 5.74) is 8.29. The third kappa shape index (κ3) is 3.48. The third-order valence-electron chi connectivity index (χ3n) is 3.83. The number of carbonyl (C=O) groups excluding carboxylic acids is 2. The molecule has 7 heteroatoms. The molecule has 0 spiro atoms. The molecular formula is C18H20N4O3. The molecule has 0 saturated carbocycles. The summed E-state index contributed by atoms with van der Waals surface area (Å²) in [5.74, 6) is -0.924. The van der Waals surface area contributed by atoms with E-state index in [9.17, 15) is 14.9 Å². The van der Waals surface area contributed by atoms with E-state index in [1.54, 1.807) is 26.0 Å². The number of anilines is 2. The van der Waals surface area contributed by atoms with Crippen LogP contribution in [0.1, 0.15) is 35.5 Å². The summed E-state index contributed by atoms with van der Waals surface area (Å²) in [4.78, 5) is 24.1. The highest BCUT2D eigenvalue weighted by molar-refractivity contribution is 5.96. The monoisotopic (exact) mass is 340 g/mol. The van der Waals surface area contributed by atoms with Gasteiger partial charge in [0, 0.05) is 23.5 Å². The number of ether oxygens (including phenoxy) is 1. The first kappa shape index (κ1) is 18.1. The zero-order chi connectivity index (χ0) is 18.7. The van der Waals surface area contributed by atoms with Crippen LogP contribution in [0.25, 0.3) is 5.69 Å². The fraction of sp³-hybridized carbons (Fsp3) is 0.278. The van der Waals surface area contributed by atoms with Crippen LogP contribution in [0.5, 0.6) is 0 Å². The van der Waals surface area contributed by atoms with Gasteiger partial charge in [0.15, 0.2) is 5.69 Å². The molecule has 0 bridgehead atoms. The van der Waals surface area contributed by atoms with Gasteiger partial charge < -0.3 is 20.4 Å². The zero-order valence-electron chi connectivity index (χ0n) is 14.6. The molecule has 2 aromatic rings. The van der Waals surface area contributed by atoms with E-state index >= 15 is 0 Å². The minimum Gasteiger partial charge on any atom is -0.464 e. The minimum absolute atomic E-state index is 0.0580. The van der Waals surface area contributed by atoms with Crippen molar-refractivity contribution in [2.75, 3.05) is 18.2 Å². The van der Waals surface area contributed by atoms with Gasteiger partial charge in [-0.3, -0.25) is 4.79 Å². The predicted molar refractivity (Wildman–Crippen MR) is 94.4 cm³/mol. The molecule has 0 saturated heterocycles. The van der Waals surface area contributed by atoms with Crippen LogP contribution in [0.3, 0.4) is 0 Å². The van der Waals surface area contributed by atoms with Crippen molar-refractivity contribution in [3.63, 3.8) is 0 Å². The SMILES string of the molecule is COC(=O)c1c(N)c(C#N)cn1-c1ccc(C)c(NC(=O)C(C)C)c1. The maximum absolute atomic E-state index is 12.1. The number of hydrogen-bond acceptors (Lipinski definition) is 5. The quantitative estimate of drug-likeness (QED) is 0.831. The summed E-state index contributed by atoms with van der Waals surface area (Å²) in [7, 11) is 1.24. The van der Waals surface area contributed by atoms with Gasteiger partial charge in [-0.05, 0) is 24.6 Å². The summed E-state index contributed by atoms with van der Waals surface area (Å²) >= 11 is 0. The molecule has 2 rings (SSSR count). The van der Waals surface area contributed by atoms with Crippen LogP contribution in [0, 0.1) is 24.2 Å². The van der Waals surface area contributed by atoms with E-state index in [2.05, 4.69) is 5.32 Å². The summed E-state index contributed by atoms with van der Waals surface area (Å²) in [6, 6.07) is 7.26. The van der Waals surface area contributed by atoms with Crippen molar-refractivity contribution in [3.8, 4) is 11.8 Å². The smallest absolute Gasteiger partial charge is 0.357 e. The largest absolute Gasteiger partial charge is 0.464 e. The van der Waals surface area contributed by atoms with E-state index in [0.717, 1.165) is 5.56 Å². The summed E-state index contributed by atoms with van der Waals surface area (Å²) in [6.45, 7) is 5.47. The lowest BCUT2D eigenvalue weighted by Gasteiger charge is -2.14. The standard InChI is InChI=1S/C18H20N4O3/c1-10(2)17(23)21-14-7-13(6-5-11(14)3)22-9-12(8-19)15(20)16(22)18(24)25-4/h5-7,9-10H,20H2,1-4H3,(H,21,23). The molecule has 130 valence electrons. The maximum atomic E-state index is 12.1. The van der Waals surface area contributed by atoms with Crippen molar-refractivity contribution < 1.29 is 14.3 Å². The van der Waals surface area contributed by atoms with Gasteiger partial charge in [-0.2, -0.15) is 5.26 Å². The van der Waals surface area contributed by atoms with Gasteiger partial charge in [0.25, 0.3) is 0 Å². The highest BCUT2D eigenvalue weighted by atomic mass is 16.5. The first-order chi connectivity index (χ1) is 11.8. The Morgan fingerprint density at radius 1 is 1.36 bits per heavy atom. The average Bonchev–Trinajstić information content (AvgIpc) is 2.92. The lowest BCUT2D eigenvalue weighted by Crippen LogP contribution is -2.18. The fourth-order valence-corrected chi connectivity index (χ4v) is 2.29. The number of carbonyl (C=O) groups is 2. The Kier molecular flexibility index (Phi) is 5.13. The highest BCUT2D eigenvalue weighted by Crippen LogP contribution is 2.27. The van der Waals surface area contributed by atoms with Crippen molar-refractivity contribution >= 4 is 23.3 Å². The second kappa shape index (κ2) is 7.09. The van der Waals surface area contributed by atoms with Gasteiger partial charge in [-0.15, -0.1) is 0 Å². The van der Waals surface area contributed by atoms with E-state index < -0.39 is 5.97 Å². The minimum atomic E-state index is -0.646. The van der Waals surface area contributed by atoms with Crippen LogP contribution < -0.4 is 11.1 Å². The van der Waals surface area contributed by atoms with Crippen molar-refractivity contribution in [1.29, 1.82) is 5.26 Å². The number of rotatable bonds is 4. The van der Waals surface area contributed by atoms with E-state index in [1.807, 2.05) is 19.1 Å². The molecule has 1 aromatic carbocycles. The second-order valence-corrected chi connectivity index (χ2v) is 5.92. The molecule has 3 N–H and O–H groups in total. The number of amides is 1. The number of nitrogen functional groups attached to an aromatic ring is 1. The van der Waals surface area contributed by atoms with Gasteiger partial charge >= 0.3 is 5.97 Å². The first-order valence-corrected chi connectivity index (χ1v) is 7.71. The van der Waals surface area contributed by atoms with E-state index in [4.69, 9.17) is 10.5 Å². The number of aromatic nitrogens is 1. The van der Waals surface area contributed by atoms with Crippen molar-refractivity contribution in [2.24, 2.45) is 5.92 Å². The molecule has 0 radical (unpaired) electrons. The highest BCUT2D eigenvalue weighted by Gasteiger charge is 2.22. The summed E-state index contributed by atoms with van der Waals surface area (Å²) in [5, 5.41) is 12.0. The molecule has 1 amide bonds. The Hall–Kier alpha value is -3.27. The summed E-state index contributed by atoms with van der Waals surface area (Å²) < 4.78 is 6.26. The molecule has 1 heterocycles. The Morgan fingerprint density at radius 2 is 2.04 bits per heavy atom. The number of nitrogens with two attached hydrogens (primary N) is 1.